The fraction of sp³-hybridized carbons (Fsp3) is 0.261. The van der Waals surface area contributed by atoms with E-state index >= 15 is 0 Å². The molecule has 1 heterocycles. The van der Waals surface area contributed by atoms with Crippen molar-refractivity contribution < 1.29 is 4.79 Å². The van der Waals surface area contributed by atoms with Crippen LogP contribution in [0.25, 0.3) is 0 Å². The van der Waals surface area contributed by atoms with Crippen molar-refractivity contribution in [2.45, 2.75) is 25.3 Å². The highest BCUT2D eigenvalue weighted by atomic mass is 35.5. The Bertz CT molecular complexity index is 1060. The third-order valence-corrected chi connectivity index (χ3v) is 5.44. The predicted molar refractivity (Wildman–Crippen MR) is 121 cm³/mol. The van der Waals surface area contributed by atoms with Gasteiger partial charge in [0.05, 0.1) is 5.71 Å². The van der Waals surface area contributed by atoms with Crippen LogP contribution in [-0.2, 0) is 11.2 Å². The molecule has 2 aromatic rings. The van der Waals surface area contributed by atoms with E-state index in [1.807, 2.05) is 42.5 Å². The minimum absolute atomic E-state index is 0.0432. The highest BCUT2D eigenvalue weighted by Gasteiger charge is 2.23. The lowest BCUT2D eigenvalue weighted by Gasteiger charge is -2.30. The van der Waals surface area contributed by atoms with Crippen LogP contribution in [0.15, 0.2) is 59.9 Å². The van der Waals surface area contributed by atoms with Gasteiger partial charge in [-0.15, -0.1) is 0 Å². The van der Waals surface area contributed by atoms with Crippen LogP contribution in [0.3, 0.4) is 0 Å². The third kappa shape index (κ3) is 5.77. The number of piperidine rings is 1. The van der Waals surface area contributed by atoms with Gasteiger partial charge in [0.25, 0.3) is 5.91 Å². The summed E-state index contributed by atoms with van der Waals surface area (Å²) >= 11 is 6.07. The zero-order valence-electron chi connectivity index (χ0n) is 17.1. The monoisotopic (exact) mass is 436 g/mol. The van der Waals surface area contributed by atoms with Gasteiger partial charge in [0.15, 0.2) is 6.19 Å². The lowest BCUT2D eigenvalue weighted by molar-refractivity contribution is -0.114. The number of primary amides is 1. The van der Waals surface area contributed by atoms with Crippen molar-refractivity contribution in [3.05, 3.63) is 81.6 Å². The maximum Gasteiger partial charge on any atom is 0.254 e. The summed E-state index contributed by atoms with van der Waals surface area (Å²) < 4.78 is 0. The minimum Gasteiger partial charge on any atom is -0.385 e. The highest BCUT2D eigenvalue weighted by Crippen LogP contribution is 2.18. The van der Waals surface area contributed by atoms with Crippen LogP contribution in [0.4, 0.5) is 0 Å². The van der Waals surface area contributed by atoms with Gasteiger partial charge in [-0.2, -0.15) is 5.26 Å². The number of likely N-dealkylation sites (tertiary alicyclic amines) is 1. The van der Waals surface area contributed by atoms with Gasteiger partial charge < -0.3 is 21.7 Å². The van der Waals surface area contributed by atoms with Crippen LogP contribution >= 0.6 is 11.6 Å². The molecule has 1 amide bonds. The van der Waals surface area contributed by atoms with Crippen molar-refractivity contribution in [1.29, 1.82) is 10.7 Å². The predicted octanol–water partition coefficient (Wildman–Crippen LogP) is 2.49. The molecule has 2 aromatic carbocycles. The number of rotatable bonds is 7. The molecule has 6 N–H and O–H groups in total. The summed E-state index contributed by atoms with van der Waals surface area (Å²) in [4.78, 5) is 13.8. The van der Waals surface area contributed by atoms with Crippen LogP contribution in [0, 0.1) is 16.9 Å². The average Bonchev–Trinajstić information content (AvgIpc) is 2.74. The number of halogens is 1. The zero-order chi connectivity index (χ0) is 22.4. The number of hydrogen-bond acceptors (Lipinski definition) is 6. The topological polar surface area (TPSA) is 132 Å². The first-order chi connectivity index (χ1) is 14.9. The molecule has 1 unspecified atom stereocenters. The molecule has 0 radical (unpaired) electrons. The van der Waals surface area contributed by atoms with Crippen LogP contribution in [-0.4, -0.2) is 35.7 Å². The first kappa shape index (κ1) is 22.2. The molecule has 0 aromatic heterocycles. The molecule has 0 spiro atoms. The second-order valence-electron chi connectivity index (χ2n) is 7.56. The van der Waals surface area contributed by atoms with Crippen molar-refractivity contribution >= 4 is 23.2 Å². The second-order valence-corrected chi connectivity index (χ2v) is 8.00. The van der Waals surface area contributed by atoms with Crippen molar-refractivity contribution in [2.24, 2.45) is 11.5 Å². The van der Waals surface area contributed by atoms with E-state index < -0.39 is 5.91 Å². The number of nitrogens with zero attached hydrogens (tertiary/aromatic N) is 2. The molecular formula is C23H25ClN6O. The Morgan fingerprint density at radius 2 is 1.94 bits per heavy atom. The molecule has 160 valence electrons. The van der Waals surface area contributed by atoms with Gasteiger partial charge >= 0.3 is 0 Å². The fourth-order valence-corrected chi connectivity index (χ4v) is 3.95. The molecule has 0 bridgehead atoms. The molecule has 1 aliphatic heterocycles. The molecule has 31 heavy (non-hydrogen) atoms. The number of nitrogens with two attached hydrogens (primary N) is 2. The Kier molecular flexibility index (Phi) is 7.16. The molecule has 0 aliphatic carbocycles. The number of benzene rings is 2. The van der Waals surface area contributed by atoms with Crippen LogP contribution in [0.5, 0.6) is 0 Å². The van der Waals surface area contributed by atoms with E-state index in [4.69, 9.17) is 33.7 Å². The molecule has 7 nitrogen and oxygen atoms in total. The number of hydrogen-bond donors (Lipinski definition) is 4. The van der Waals surface area contributed by atoms with Gasteiger partial charge in [-0.3, -0.25) is 10.2 Å². The van der Waals surface area contributed by atoms with E-state index in [9.17, 15) is 4.79 Å². The first-order valence-electron chi connectivity index (χ1n) is 10.0. The number of carbonyl (C=O) groups excluding carboxylic acids is 1. The van der Waals surface area contributed by atoms with E-state index in [0.717, 1.165) is 24.0 Å². The quantitative estimate of drug-likeness (QED) is 0.300. The largest absolute Gasteiger partial charge is 0.385 e. The van der Waals surface area contributed by atoms with Crippen LogP contribution < -0.4 is 16.8 Å². The van der Waals surface area contributed by atoms with Gasteiger partial charge in [0.1, 0.15) is 11.4 Å². The van der Waals surface area contributed by atoms with E-state index in [1.165, 1.54) is 0 Å². The zero-order valence-corrected chi connectivity index (χ0v) is 17.8. The summed E-state index contributed by atoms with van der Waals surface area (Å²) in [6.07, 6.45) is 4.42. The molecule has 3 rings (SSSR count). The van der Waals surface area contributed by atoms with Gasteiger partial charge in [-0.05, 0) is 48.6 Å². The fourth-order valence-electron chi connectivity index (χ4n) is 3.73. The number of carbonyl (C=O) groups is 1. The summed E-state index contributed by atoms with van der Waals surface area (Å²) in [5, 5.41) is 21.5. The summed E-state index contributed by atoms with van der Waals surface area (Å²) in [6.45, 7) is 1.20. The van der Waals surface area contributed by atoms with Gasteiger partial charge in [-0.25, -0.2) is 0 Å². The lowest BCUT2D eigenvalue weighted by atomic mass is 9.97. The van der Waals surface area contributed by atoms with Crippen molar-refractivity contribution in [1.82, 2.24) is 10.2 Å². The van der Waals surface area contributed by atoms with E-state index in [1.54, 1.807) is 11.0 Å². The van der Waals surface area contributed by atoms with Crippen molar-refractivity contribution in [3.63, 3.8) is 0 Å². The van der Waals surface area contributed by atoms with Crippen molar-refractivity contribution in [2.75, 3.05) is 13.1 Å². The first-order valence-corrected chi connectivity index (χ1v) is 10.4. The highest BCUT2D eigenvalue weighted by molar-refractivity contribution is 6.30. The summed E-state index contributed by atoms with van der Waals surface area (Å²) in [7, 11) is 0. The Labute approximate surface area is 186 Å². The Hall–Kier alpha value is -3.50. The van der Waals surface area contributed by atoms with Gasteiger partial charge in [-0.1, -0.05) is 41.9 Å². The van der Waals surface area contributed by atoms with Crippen LogP contribution in [0.1, 0.15) is 29.5 Å². The Morgan fingerprint density at radius 1 is 1.23 bits per heavy atom. The SMILES string of the molecule is N#CN1CCCC(N/C(N)=C(\C(=N)c2cccc(Cc3cccc(Cl)c3)c2)C(N)=O)C1. The number of nitrogens with one attached hydrogen (secondary N) is 2. The Morgan fingerprint density at radius 3 is 2.61 bits per heavy atom. The average molecular weight is 437 g/mol. The second kappa shape index (κ2) is 10.0. The number of nitriles is 1. The van der Waals surface area contributed by atoms with Crippen molar-refractivity contribution in [3.8, 4) is 6.19 Å². The number of amides is 1. The minimum atomic E-state index is -0.775. The summed E-state index contributed by atoms with van der Waals surface area (Å²) in [5.41, 5.74) is 14.2. The molecule has 1 atom stereocenters. The Balaban J connectivity index is 1.82. The molecule has 0 saturated carbocycles. The third-order valence-electron chi connectivity index (χ3n) is 5.20. The van der Waals surface area contributed by atoms with E-state index in [-0.39, 0.29) is 23.1 Å². The molecule has 8 heteroatoms. The maximum atomic E-state index is 12.2. The van der Waals surface area contributed by atoms with Gasteiger partial charge in [0, 0.05) is 29.7 Å². The van der Waals surface area contributed by atoms with E-state index in [0.29, 0.717) is 30.1 Å². The standard InChI is InChI=1S/C23H25ClN6O/c24-18-7-2-5-16(12-18)10-15-4-1-6-17(11-15)21(26)20(23(28)31)22(27)29-19-8-3-9-30(13-19)14-25/h1-2,4-7,11-12,19,26,29H,3,8-10,13,27H2,(H2,28,31)/b22-20+,26-21?. The maximum absolute atomic E-state index is 12.2. The normalized spacial score (nSPS) is 16.8. The summed E-state index contributed by atoms with van der Waals surface area (Å²) in [5.74, 6) is -0.717. The molecule has 1 saturated heterocycles. The van der Waals surface area contributed by atoms with Gasteiger partial charge in [0.2, 0.25) is 0 Å². The van der Waals surface area contributed by atoms with E-state index in [2.05, 4.69) is 11.5 Å². The lowest BCUT2D eigenvalue weighted by Crippen LogP contribution is -2.46. The molecule has 1 aliphatic rings. The molecule has 1 fully saturated rings. The smallest absolute Gasteiger partial charge is 0.254 e. The summed E-state index contributed by atoms with van der Waals surface area (Å²) in [6, 6.07) is 14.9. The molecular weight excluding hydrogens is 412 g/mol. The van der Waals surface area contributed by atoms with Crippen LogP contribution in [0.2, 0.25) is 5.02 Å².